The Bertz CT molecular complexity index is 135. The quantitative estimate of drug-likeness (QED) is 0.388. The third kappa shape index (κ3) is 87.4. The van der Waals surface area contributed by atoms with Crippen LogP contribution < -0.4 is 5.32 Å². The average molecular weight is 178 g/mol. The van der Waals surface area contributed by atoms with E-state index >= 15 is 0 Å². The van der Waals surface area contributed by atoms with Gasteiger partial charge in [0.2, 0.25) is 11.8 Å². The van der Waals surface area contributed by atoms with E-state index in [2.05, 4.69) is 0 Å². The molecule has 0 aromatic carbocycles. The second kappa shape index (κ2) is 16.1. The number of amides is 2. The Labute approximate surface area is 68.7 Å². The molecular formula is C5H10N2O5. The van der Waals surface area contributed by atoms with Crippen molar-refractivity contribution in [2.24, 2.45) is 5.34 Å². The van der Waals surface area contributed by atoms with Gasteiger partial charge in [0.25, 0.3) is 0 Å². The Morgan fingerprint density at radius 2 is 1.42 bits per heavy atom. The summed E-state index contributed by atoms with van der Waals surface area (Å²) in [7, 11) is 0. The largest absolute Gasteiger partial charge is 0.379 e. The third-order valence-electron chi connectivity index (χ3n) is 0.352. The minimum Gasteiger partial charge on any atom is -0.379 e. The van der Waals surface area contributed by atoms with Crippen molar-refractivity contribution in [1.29, 1.82) is 0 Å². The summed E-state index contributed by atoms with van der Waals surface area (Å²) in [5.41, 5.74) is 0. The molecule has 0 atom stereocenters. The van der Waals surface area contributed by atoms with Gasteiger partial charge in [-0.05, 0) is 0 Å². The first-order chi connectivity index (χ1) is 5.54. The lowest BCUT2D eigenvalue weighted by atomic mass is 10.6. The Kier molecular flexibility index (Phi) is 22.3. The van der Waals surface area contributed by atoms with E-state index < -0.39 is 0 Å². The molecule has 0 radical (unpaired) electrons. The van der Waals surface area contributed by atoms with E-state index in [0.717, 1.165) is 0 Å². The van der Waals surface area contributed by atoms with Crippen LogP contribution in [0.2, 0.25) is 0 Å². The molecule has 0 aromatic heterocycles. The molecule has 7 nitrogen and oxygen atoms in total. The zero-order chi connectivity index (χ0) is 10.6. The average Bonchev–Trinajstić information content (AvgIpc) is 1.90. The van der Waals surface area contributed by atoms with Gasteiger partial charge in [-0.2, -0.15) is 0 Å². The molecular weight excluding hydrogens is 168 g/mol. The van der Waals surface area contributed by atoms with E-state index in [1.807, 2.05) is 12.1 Å². The zero-order valence-corrected chi connectivity index (χ0v) is 6.73. The Morgan fingerprint density at radius 3 is 1.42 bits per heavy atom. The fourth-order valence-corrected chi connectivity index (χ4v) is 0.248. The molecule has 12 heavy (non-hydrogen) atoms. The van der Waals surface area contributed by atoms with Crippen LogP contribution in [-0.2, 0) is 14.4 Å². The fourth-order valence-electron chi connectivity index (χ4n) is 0.248. The highest BCUT2D eigenvalue weighted by Gasteiger charge is 1.90. The maximum atomic E-state index is 9.92. The van der Waals surface area contributed by atoms with Crippen LogP contribution in [0.3, 0.4) is 0 Å². The van der Waals surface area contributed by atoms with Gasteiger partial charge in [-0.1, -0.05) is 0 Å². The molecule has 0 aliphatic heterocycles. The van der Waals surface area contributed by atoms with E-state index in [1.54, 1.807) is 0 Å². The Morgan fingerprint density at radius 1 is 1.25 bits per heavy atom. The van der Waals surface area contributed by atoms with E-state index in [4.69, 9.17) is 14.9 Å². The number of nitrogens with one attached hydrogen (secondary N) is 1. The van der Waals surface area contributed by atoms with Gasteiger partial charge in [-0.15, -0.1) is 4.91 Å². The molecule has 0 saturated heterocycles. The predicted octanol–water partition coefficient (Wildman–Crippen LogP) is -0.374. The van der Waals surface area contributed by atoms with E-state index in [0.29, 0.717) is 0 Å². The molecule has 0 heterocycles. The van der Waals surface area contributed by atoms with Crippen molar-refractivity contribution in [1.82, 2.24) is 5.32 Å². The van der Waals surface area contributed by atoms with E-state index in [1.165, 1.54) is 19.2 Å². The lowest BCUT2D eigenvalue weighted by Crippen LogP contribution is -2.24. The first-order valence-corrected chi connectivity index (χ1v) is 2.58. The predicted molar refractivity (Wildman–Crippen MR) is 39.2 cm³/mol. The van der Waals surface area contributed by atoms with Gasteiger partial charge >= 0.3 is 0 Å². The van der Waals surface area contributed by atoms with Gasteiger partial charge in [0, 0.05) is 13.8 Å². The Hall–Kier alpha value is -1.79. The SMILES string of the molecule is C=O.CC(=O)NC(C)=O.O=NO. The van der Waals surface area contributed by atoms with Gasteiger partial charge in [0.1, 0.15) is 6.79 Å². The summed E-state index contributed by atoms with van der Waals surface area (Å²) in [4.78, 5) is 36.0. The van der Waals surface area contributed by atoms with Gasteiger partial charge in [-0.3, -0.25) is 14.9 Å². The maximum Gasteiger partial charge on any atom is 0.223 e. The van der Waals surface area contributed by atoms with E-state index in [9.17, 15) is 9.59 Å². The van der Waals surface area contributed by atoms with Gasteiger partial charge in [0.15, 0.2) is 5.34 Å². The first kappa shape index (κ1) is 16.7. The number of nitrogens with zero attached hydrogens (tertiary/aromatic N) is 1. The van der Waals surface area contributed by atoms with Gasteiger partial charge < -0.3 is 10.0 Å². The van der Waals surface area contributed by atoms with Crippen LogP contribution in [-0.4, -0.2) is 23.8 Å². The van der Waals surface area contributed by atoms with Crippen LogP contribution in [0.25, 0.3) is 0 Å². The topological polar surface area (TPSA) is 113 Å². The Balaban J connectivity index is -0.000000137. The number of hydrogen-bond acceptors (Lipinski definition) is 5. The van der Waals surface area contributed by atoms with Crippen molar-refractivity contribution >= 4 is 18.6 Å². The molecule has 0 saturated carbocycles. The van der Waals surface area contributed by atoms with Crippen LogP contribution in [0.4, 0.5) is 0 Å². The molecule has 0 fully saturated rings. The smallest absolute Gasteiger partial charge is 0.223 e. The van der Waals surface area contributed by atoms with Gasteiger partial charge in [-0.25, -0.2) is 0 Å². The summed E-state index contributed by atoms with van der Waals surface area (Å²) >= 11 is 0. The molecule has 0 rings (SSSR count). The van der Waals surface area contributed by atoms with Crippen molar-refractivity contribution < 1.29 is 19.6 Å². The first-order valence-electron chi connectivity index (χ1n) is 2.58. The van der Waals surface area contributed by atoms with Crippen molar-refractivity contribution in [3.63, 3.8) is 0 Å². The molecule has 0 spiro atoms. The summed E-state index contributed by atoms with van der Waals surface area (Å²) < 4.78 is 0. The highest BCUT2D eigenvalue weighted by Crippen LogP contribution is 1.58. The molecule has 0 unspecified atom stereocenters. The lowest BCUT2D eigenvalue weighted by Gasteiger charge is -1.88. The fraction of sp³-hybridized carbons (Fsp3) is 0.400. The van der Waals surface area contributed by atoms with Crippen molar-refractivity contribution in [3.05, 3.63) is 4.91 Å². The van der Waals surface area contributed by atoms with Crippen molar-refractivity contribution in [2.45, 2.75) is 13.8 Å². The molecule has 0 aromatic rings. The molecule has 2 N–H and O–H groups in total. The number of imide groups is 1. The number of rotatable bonds is 0. The van der Waals surface area contributed by atoms with Crippen molar-refractivity contribution in [2.75, 3.05) is 0 Å². The number of carbonyl (C=O) groups excluding carboxylic acids is 3. The van der Waals surface area contributed by atoms with Gasteiger partial charge in [0.05, 0.1) is 0 Å². The summed E-state index contributed by atoms with van der Waals surface area (Å²) in [6.07, 6.45) is 0. The van der Waals surface area contributed by atoms with E-state index in [-0.39, 0.29) is 11.8 Å². The maximum absolute atomic E-state index is 9.92. The normalized spacial score (nSPS) is 5.83. The number of carbonyl (C=O) groups is 3. The minimum atomic E-state index is -0.312. The highest BCUT2D eigenvalue weighted by atomic mass is 16.6. The lowest BCUT2D eigenvalue weighted by molar-refractivity contribution is -0.127. The zero-order valence-electron chi connectivity index (χ0n) is 6.73. The molecule has 70 valence electrons. The van der Waals surface area contributed by atoms with Crippen molar-refractivity contribution in [3.8, 4) is 0 Å². The second-order valence-corrected chi connectivity index (χ2v) is 1.32. The van der Waals surface area contributed by atoms with Crippen LogP contribution in [0.5, 0.6) is 0 Å². The van der Waals surface area contributed by atoms with Crippen LogP contribution >= 0.6 is 0 Å². The molecule has 0 bridgehead atoms. The highest BCUT2D eigenvalue weighted by molar-refractivity contribution is 5.92. The van der Waals surface area contributed by atoms with Crippen LogP contribution in [0.15, 0.2) is 5.34 Å². The summed E-state index contributed by atoms with van der Waals surface area (Å²) in [6, 6.07) is 0. The van der Waals surface area contributed by atoms with Crippen LogP contribution in [0.1, 0.15) is 13.8 Å². The van der Waals surface area contributed by atoms with Crippen LogP contribution in [0, 0.1) is 4.91 Å². The third-order valence-corrected chi connectivity index (χ3v) is 0.352. The standard InChI is InChI=1S/C4H7NO2.CH2O.HNO2/c1-3(6)5-4(2)7;1-2;2-1-3/h1-2H3,(H,5,6,7);1H2;(H,2,3). The number of hydrogen-bond donors (Lipinski definition) is 2. The summed E-state index contributed by atoms with van der Waals surface area (Å²) in [6.45, 7) is 4.59. The minimum absolute atomic E-state index is 0.312. The summed E-state index contributed by atoms with van der Waals surface area (Å²) in [5, 5.41) is 9.92. The monoisotopic (exact) mass is 178 g/mol. The summed E-state index contributed by atoms with van der Waals surface area (Å²) in [5.74, 6) is -0.625. The second-order valence-electron chi connectivity index (χ2n) is 1.32. The molecule has 7 heteroatoms. The molecule has 0 aliphatic carbocycles. The molecule has 2 amide bonds. The molecule has 0 aliphatic rings.